The third-order valence-corrected chi connectivity index (χ3v) is 10.2. The van der Waals surface area contributed by atoms with Crippen molar-refractivity contribution in [1.29, 1.82) is 0 Å². The van der Waals surface area contributed by atoms with Crippen LogP contribution in [0.4, 0.5) is 51.2 Å². The quantitative estimate of drug-likeness (QED) is 0.101. The summed E-state index contributed by atoms with van der Waals surface area (Å²) in [6, 6.07) is 66.1. The molecule has 0 atom stereocenters. The Morgan fingerprint density at radius 2 is 0.845 bits per heavy atom. The highest BCUT2D eigenvalue weighted by molar-refractivity contribution is 6.13. The van der Waals surface area contributed by atoms with Gasteiger partial charge in [-0.3, -0.25) is 4.99 Å². The zero-order chi connectivity index (χ0) is 39.4. The van der Waals surface area contributed by atoms with Crippen LogP contribution in [-0.4, -0.2) is 28.8 Å². The summed E-state index contributed by atoms with van der Waals surface area (Å²) < 4.78 is 0. The Morgan fingerprint density at radius 1 is 0.483 bits per heavy atom. The van der Waals surface area contributed by atoms with E-state index in [-0.39, 0.29) is 0 Å². The lowest BCUT2D eigenvalue weighted by molar-refractivity contribution is 0.766. The maximum absolute atomic E-state index is 6.09. The van der Waals surface area contributed by atoms with Crippen molar-refractivity contribution >= 4 is 68.9 Å². The highest BCUT2D eigenvalue weighted by Gasteiger charge is 2.26. The van der Waals surface area contributed by atoms with Crippen LogP contribution in [0.15, 0.2) is 199 Å². The molecule has 0 amide bonds. The highest BCUT2D eigenvalue weighted by Crippen LogP contribution is 2.49. The molecule has 1 heterocycles. The van der Waals surface area contributed by atoms with E-state index in [1.54, 1.807) is 4.80 Å². The Morgan fingerprint density at radius 3 is 1.22 bits per heavy atom. The maximum atomic E-state index is 6.09. The zero-order valence-electron chi connectivity index (χ0n) is 31.9. The summed E-state index contributed by atoms with van der Waals surface area (Å²) in [5.74, 6) is 0. The molecule has 8 aromatic carbocycles. The number of aromatic nitrogens is 3. The fourth-order valence-corrected chi connectivity index (χ4v) is 7.55. The topological polar surface area (TPSA) is 87.6 Å². The zero-order valence-corrected chi connectivity index (χ0v) is 31.9. The number of benzene rings is 8. The molecule has 0 fully saturated rings. The van der Waals surface area contributed by atoms with Crippen molar-refractivity contribution < 1.29 is 0 Å². The molecule has 58 heavy (non-hydrogen) atoms. The normalized spacial score (nSPS) is 11.0. The van der Waals surface area contributed by atoms with Crippen LogP contribution in [-0.2, 0) is 0 Å². The molecule has 0 bridgehead atoms. The Kier molecular flexibility index (Phi) is 9.63. The van der Waals surface area contributed by atoms with Crippen LogP contribution in [0.2, 0.25) is 0 Å². The molecule has 0 unspecified atom stereocenters. The molecule has 0 spiro atoms. The molecule has 280 valence electrons. The number of aliphatic imine (C=N–C) groups is 1. The number of nitrogens with two attached hydrogens (primary N) is 1. The van der Waals surface area contributed by atoms with Gasteiger partial charge in [-0.15, -0.1) is 10.2 Å². The second-order valence-electron chi connectivity index (χ2n) is 13.8. The molecule has 0 aliphatic heterocycles. The molecular formula is C50H40N8. The predicted molar refractivity (Wildman–Crippen MR) is 242 cm³/mol. The summed E-state index contributed by atoms with van der Waals surface area (Å²) in [6.07, 6.45) is 0. The van der Waals surface area contributed by atoms with Gasteiger partial charge in [0.05, 0.1) is 17.1 Å². The van der Waals surface area contributed by atoms with E-state index in [1.165, 1.54) is 0 Å². The molecule has 9 rings (SSSR count). The first-order valence-corrected chi connectivity index (χ1v) is 19.1. The summed E-state index contributed by atoms with van der Waals surface area (Å²) >= 11 is 0. The Bertz CT molecular complexity index is 2730. The van der Waals surface area contributed by atoms with Gasteiger partial charge in [-0.1, -0.05) is 97.1 Å². The van der Waals surface area contributed by atoms with Crippen LogP contribution in [0, 0.1) is 0 Å². The van der Waals surface area contributed by atoms with Gasteiger partial charge in [0.25, 0.3) is 0 Å². The van der Waals surface area contributed by atoms with E-state index in [1.807, 2.05) is 55.6 Å². The number of hydrogen-bond donors (Lipinski definition) is 2. The van der Waals surface area contributed by atoms with Crippen LogP contribution in [0.25, 0.3) is 39.0 Å². The number of fused-ring (bicyclic) bond motifs is 1. The third-order valence-electron chi connectivity index (χ3n) is 10.2. The first kappa shape index (κ1) is 35.7. The van der Waals surface area contributed by atoms with Gasteiger partial charge in [0.1, 0.15) is 11.0 Å². The molecule has 1 aromatic heterocycles. The summed E-state index contributed by atoms with van der Waals surface area (Å²) in [4.78, 5) is 10.9. The van der Waals surface area contributed by atoms with Gasteiger partial charge >= 0.3 is 0 Å². The third kappa shape index (κ3) is 6.69. The van der Waals surface area contributed by atoms with Gasteiger partial charge < -0.3 is 20.9 Å². The molecule has 8 nitrogen and oxygen atoms in total. The van der Waals surface area contributed by atoms with Crippen LogP contribution in [0.1, 0.15) is 0 Å². The fraction of sp³-hybridized carbons (Fsp3) is 0.0200. The summed E-state index contributed by atoms with van der Waals surface area (Å²) in [5, 5.41) is 13.8. The fourth-order valence-electron chi connectivity index (χ4n) is 7.55. The van der Waals surface area contributed by atoms with Crippen molar-refractivity contribution in [1.82, 2.24) is 15.0 Å². The molecule has 0 aliphatic rings. The Balaban J connectivity index is 1.21. The standard InChI is InChI=1S/C50H40N8/c1-52-47-45(35-23-29-42(30-24-35)56(38-15-7-3-8-16-38)39-17-9-4-10-18-39)49-50(55-58(54-49)44-33-27-37(51)28-34-44)46(48(47)53-2)36-25-31-43(32-26-36)57(40-19-11-5-12-20-40)41-21-13-6-14-22-41/h3-34,53H,1,51H2,2H3. The largest absolute Gasteiger partial charge is 0.399 e. The molecule has 9 aromatic rings. The monoisotopic (exact) mass is 752 g/mol. The van der Waals surface area contributed by atoms with Crippen molar-refractivity contribution in [3.05, 3.63) is 194 Å². The number of hydrogen-bond acceptors (Lipinski definition) is 7. The van der Waals surface area contributed by atoms with Crippen LogP contribution in [0.3, 0.4) is 0 Å². The van der Waals surface area contributed by atoms with E-state index in [0.29, 0.717) is 16.9 Å². The van der Waals surface area contributed by atoms with E-state index in [0.717, 1.165) is 73.3 Å². The smallest absolute Gasteiger partial charge is 0.124 e. The molecule has 0 saturated heterocycles. The van der Waals surface area contributed by atoms with Gasteiger partial charge in [0.2, 0.25) is 0 Å². The SMILES string of the molecule is C=Nc1c(NC)c(-c2ccc(N(c3ccccc3)c3ccccc3)cc2)c2nn(-c3ccc(N)cc3)nc2c1-c1ccc(N(c2ccccc2)c2ccccc2)cc1. The lowest BCUT2D eigenvalue weighted by Gasteiger charge is -2.26. The predicted octanol–water partition coefficient (Wildman–Crippen LogP) is 12.7. The lowest BCUT2D eigenvalue weighted by Crippen LogP contribution is -2.09. The van der Waals surface area contributed by atoms with Gasteiger partial charge in [-0.05, 0) is 115 Å². The second-order valence-corrected chi connectivity index (χ2v) is 13.8. The minimum Gasteiger partial charge on any atom is -0.399 e. The lowest BCUT2D eigenvalue weighted by atomic mass is 9.93. The van der Waals surface area contributed by atoms with Crippen molar-refractivity contribution in [2.45, 2.75) is 0 Å². The number of para-hydroxylation sites is 4. The van der Waals surface area contributed by atoms with Gasteiger partial charge in [-0.25, -0.2) is 0 Å². The van der Waals surface area contributed by atoms with E-state index >= 15 is 0 Å². The van der Waals surface area contributed by atoms with Gasteiger partial charge in [-0.2, -0.15) is 4.80 Å². The molecular weight excluding hydrogens is 713 g/mol. The maximum Gasteiger partial charge on any atom is 0.124 e. The Hall–Kier alpha value is -7.97. The van der Waals surface area contributed by atoms with E-state index in [4.69, 9.17) is 20.9 Å². The first-order valence-electron chi connectivity index (χ1n) is 19.1. The number of rotatable bonds is 11. The van der Waals surface area contributed by atoms with Crippen LogP contribution in [0.5, 0.6) is 0 Å². The molecule has 0 aliphatic carbocycles. The second kappa shape index (κ2) is 15.6. The average molecular weight is 753 g/mol. The number of nitrogens with zero attached hydrogens (tertiary/aromatic N) is 6. The number of anilines is 8. The van der Waals surface area contributed by atoms with E-state index in [2.05, 4.69) is 167 Å². The molecule has 3 N–H and O–H groups in total. The van der Waals surface area contributed by atoms with Gasteiger partial charge in [0, 0.05) is 58.0 Å². The number of nitrogens with one attached hydrogen (secondary N) is 1. The first-order chi connectivity index (χ1) is 28.6. The van der Waals surface area contributed by atoms with E-state index in [9.17, 15) is 0 Å². The minimum atomic E-state index is 0.665. The van der Waals surface area contributed by atoms with Crippen molar-refractivity contribution in [2.75, 3.05) is 27.9 Å². The van der Waals surface area contributed by atoms with Crippen molar-refractivity contribution in [3.8, 4) is 27.9 Å². The molecule has 0 saturated carbocycles. The number of nitrogen functional groups attached to an aromatic ring is 1. The minimum absolute atomic E-state index is 0.665. The summed E-state index contributed by atoms with van der Waals surface area (Å²) in [7, 11) is 1.91. The highest BCUT2D eigenvalue weighted by atomic mass is 15.5. The summed E-state index contributed by atoms with van der Waals surface area (Å²) in [6.45, 7) is 4.10. The molecule has 0 radical (unpaired) electrons. The van der Waals surface area contributed by atoms with Crippen LogP contribution >= 0.6 is 0 Å². The molecule has 8 heteroatoms. The van der Waals surface area contributed by atoms with Crippen molar-refractivity contribution in [3.63, 3.8) is 0 Å². The van der Waals surface area contributed by atoms with Crippen molar-refractivity contribution in [2.24, 2.45) is 4.99 Å². The van der Waals surface area contributed by atoms with Crippen LogP contribution < -0.4 is 20.9 Å². The average Bonchev–Trinajstić information content (AvgIpc) is 3.73. The van der Waals surface area contributed by atoms with E-state index < -0.39 is 0 Å². The summed E-state index contributed by atoms with van der Waals surface area (Å²) in [5.41, 5.74) is 20.3. The van der Waals surface area contributed by atoms with Gasteiger partial charge in [0.15, 0.2) is 0 Å². The Labute approximate surface area is 337 Å².